The van der Waals surface area contributed by atoms with Crippen LogP contribution >= 0.6 is 11.8 Å². The van der Waals surface area contributed by atoms with Crippen molar-refractivity contribution in [2.75, 3.05) is 12.3 Å². The van der Waals surface area contributed by atoms with Crippen molar-refractivity contribution in [3.05, 3.63) is 65.7 Å². The normalized spacial score (nSPS) is 11.7. The van der Waals surface area contributed by atoms with Gasteiger partial charge in [-0.15, -0.1) is 11.8 Å². The Morgan fingerprint density at radius 3 is 2.40 bits per heavy atom. The van der Waals surface area contributed by atoms with E-state index >= 15 is 0 Å². The molecular weight excluding hydrogens is 392 g/mol. The van der Waals surface area contributed by atoms with Gasteiger partial charge in [-0.1, -0.05) is 62.7 Å². The first-order valence-corrected chi connectivity index (χ1v) is 11.8. The van der Waals surface area contributed by atoms with Gasteiger partial charge in [-0.2, -0.15) is 0 Å². The summed E-state index contributed by atoms with van der Waals surface area (Å²) in [4.78, 5) is 29.0. The number of benzene rings is 2. The third-order valence-corrected chi connectivity index (χ3v) is 6.16. The molecule has 2 amide bonds. The molecule has 0 radical (unpaired) electrons. The van der Waals surface area contributed by atoms with E-state index in [1.54, 1.807) is 16.7 Å². The molecule has 0 aliphatic heterocycles. The van der Waals surface area contributed by atoms with Gasteiger partial charge in [-0.3, -0.25) is 9.59 Å². The molecule has 4 nitrogen and oxygen atoms in total. The minimum absolute atomic E-state index is 0.0270. The van der Waals surface area contributed by atoms with Crippen molar-refractivity contribution in [1.29, 1.82) is 0 Å². The van der Waals surface area contributed by atoms with Crippen molar-refractivity contribution in [3.63, 3.8) is 0 Å². The number of amides is 2. The number of rotatable bonds is 12. The van der Waals surface area contributed by atoms with Crippen LogP contribution in [0.15, 0.2) is 59.5 Å². The zero-order valence-electron chi connectivity index (χ0n) is 18.4. The first-order chi connectivity index (χ1) is 14.6. The predicted molar refractivity (Wildman–Crippen MR) is 126 cm³/mol. The maximum absolute atomic E-state index is 13.2. The smallest absolute Gasteiger partial charge is 0.242 e. The molecule has 0 saturated heterocycles. The second-order valence-corrected chi connectivity index (χ2v) is 8.60. The Morgan fingerprint density at radius 2 is 1.73 bits per heavy atom. The Bertz CT molecular complexity index is 795. The topological polar surface area (TPSA) is 49.4 Å². The molecule has 2 rings (SSSR count). The number of hydrogen-bond acceptors (Lipinski definition) is 3. The molecule has 0 heterocycles. The lowest BCUT2D eigenvalue weighted by molar-refractivity contribution is -0.141. The summed E-state index contributed by atoms with van der Waals surface area (Å²) in [5.74, 6) is 0.670. The summed E-state index contributed by atoms with van der Waals surface area (Å²) in [5, 5.41) is 3.01. The molecule has 0 bridgehead atoms. The van der Waals surface area contributed by atoms with Gasteiger partial charge in [0.25, 0.3) is 0 Å². The second-order valence-electron chi connectivity index (χ2n) is 7.43. The van der Waals surface area contributed by atoms with Crippen LogP contribution < -0.4 is 5.32 Å². The molecule has 30 heavy (non-hydrogen) atoms. The molecule has 0 aromatic heterocycles. The SMILES string of the molecule is CCCCNC(=O)C(CC)N(Cc1ccccc1C)C(=O)CCSc1ccccc1. The van der Waals surface area contributed by atoms with Crippen LogP contribution in [-0.4, -0.2) is 35.1 Å². The van der Waals surface area contributed by atoms with Gasteiger partial charge in [0.15, 0.2) is 0 Å². The van der Waals surface area contributed by atoms with Crippen molar-refractivity contribution >= 4 is 23.6 Å². The van der Waals surface area contributed by atoms with Gasteiger partial charge < -0.3 is 10.2 Å². The molecular formula is C25H34N2O2S. The first kappa shape index (κ1) is 24.0. The van der Waals surface area contributed by atoms with E-state index in [2.05, 4.69) is 24.4 Å². The summed E-state index contributed by atoms with van der Waals surface area (Å²) >= 11 is 1.67. The van der Waals surface area contributed by atoms with E-state index < -0.39 is 6.04 Å². The molecule has 0 saturated carbocycles. The van der Waals surface area contributed by atoms with E-state index in [1.807, 2.05) is 56.3 Å². The molecule has 0 fully saturated rings. The van der Waals surface area contributed by atoms with Crippen molar-refractivity contribution in [2.45, 2.75) is 63.9 Å². The highest BCUT2D eigenvalue weighted by Crippen LogP contribution is 2.21. The van der Waals surface area contributed by atoms with Gasteiger partial charge in [-0.25, -0.2) is 0 Å². The molecule has 0 aliphatic rings. The summed E-state index contributed by atoms with van der Waals surface area (Å²) in [7, 11) is 0. The molecule has 1 unspecified atom stereocenters. The van der Waals surface area contributed by atoms with Crippen LogP contribution in [-0.2, 0) is 16.1 Å². The van der Waals surface area contributed by atoms with Crippen LogP contribution in [0.5, 0.6) is 0 Å². The number of nitrogens with zero attached hydrogens (tertiary/aromatic N) is 1. The largest absolute Gasteiger partial charge is 0.354 e. The fraction of sp³-hybridized carbons (Fsp3) is 0.440. The summed E-state index contributed by atoms with van der Waals surface area (Å²) in [6, 6.07) is 17.7. The molecule has 0 aliphatic carbocycles. The number of carbonyl (C=O) groups is 2. The van der Waals surface area contributed by atoms with Gasteiger partial charge >= 0.3 is 0 Å². The fourth-order valence-electron chi connectivity index (χ4n) is 3.31. The maximum Gasteiger partial charge on any atom is 0.242 e. The van der Waals surface area contributed by atoms with Crippen LogP contribution in [0, 0.1) is 6.92 Å². The summed E-state index contributed by atoms with van der Waals surface area (Å²) in [6.45, 7) is 7.23. The Balaban J connectivity index is 2.11. The van der Waals surface area contributed by atoms with Crippen LogP contribution in [0.2, 0.25) is 0 Å². The number of nitrogens with one attached hydrogen (secondary N) is 1. The molecule has 0 spiro atoms. The van der Waals surface area contributed by atoms with Gasteiger partial charge in [-0.05, 0) is 43.0 Å². The highest BCUT2D eigenvalue weighted by atomic mass is 32.2. The Hall–Kier alpha value is -2.27. The van der Waals surface area contributed by atoms with E-state index in [1.165, 1.54) is 0 Å². The highest BCUT2D eigenvalue weighted by Gasteiger charge is 2.28. The maximum atomic E-state index is 13.2. The monoisotopic (exact) mass is 426 g/mol. The first-order valence-electron chi connectivity index (χ1n) is 10.9. The third kappa shape index (κ3) is 7.52. The average Bonchev–Trinajstić information content (AvgIpc) is 2.75. The zero-order chi connectivity index (χ0) is 21.8. The molecule has 2 aromatic rings. The van der Waals surface area contributed by atoms with Crippen molar-refractivity contribution in [3.8, 4) is 0 Å². The number of carbonyl (C=O) groups excluding carboxylic acids is 2. The predicted octanol–water partition coefficient (Wildman–Crippen LogP) is 5.20. The van der Waals surface area contributed by atoms with Gasteiger partial charge in [0, 0.05) is 30.2 Å². The lowest BCUT2D eigenvalue weighted by Crippen LogP contribution is -2.49. The van der Waals surface area contributed by atoms with Gasteiger partial charge in [0.05, 0.1) is 0 Å². The fourth-order valence-corrected chi connectivity index (χ4v) is 4.18. The van der Waals surface area contributed by atoms with Crippen LogP contribution in [0.25, 0.3) is 0 Å². The quantitative estimate of drug-likeness (QED) is 0.375. The van der Waals surface area contributed by atoms with Crippen LogP contribution in [0.3, 0.4) is 0 Å². The van der Waals surface area contributed by atoms with E-state index in [9.17, 15) is 9.59 Å². The Kier molecular flexibility index (Phi) is 10.5. The number of unbranched alkanes of at least 4 members (excludes halogenated alkanes) is 1. The Labute approximate surface area is 185 Å². The second kappa shape index (κ2) is 13.1. The number of thioether (sulfide) groups is 1. The molecule has 2 aromatic carbocycles. The minimum atomic E-state index is -0.448. The average molecular weight is 427 g/mol. The van der Waals surface area contributed by atoms with E-state index in [-0.39, 0.29) is 11.8 Å². The van der Waals surface area contributed by atoms with Gasteiger partial charge in [0.1, 0.15) is 6.04 Å². The molecule has 162 valence electrons. The molecule has 5 heteroatoms. The zero-order valence-corrected chi connectivity index (χ0v) is 19.2. The number of aryl methyl sites for hydroxylation is 1. The minimum Gasteiger partial charge on any atom is -0.354 e. The summed E-state index contributed by atoms with van der Waals surface area (Å²) < 4.78 is 0. The molecule has 1 atom stereocenters. The van der Waals surface area contributed by atoms with E-state index in [0.717, 1.165) is 28.9 Å². The lowest BCUT2D eigenvalue weighted by Gasteiger charge is -2.31. The van der Waals surface area contributed by atoms with Crippen molar-refractivity contribution in [1.82, 2.24) is 10.2 Å². The Morgan fingerprint density at radius 1 is 1.03 bits per heavy atom. The standard InChI is InChI=1S/C25H34N2O2S/c1-4-6-17-26-25(29)23(5-2)27(19-21-13-11-10-12-20(21)3)24(28)16-18-30-22-14-8-7-9-15-22/h7-15,23H,4-6,16-19H2,1-3H3,(H,26,29). The van der Waals surface area contributed by atoms with Gasteiger partial charge in [0.2, 0.25) is 11.8 Å². The van der Waals surface area contributed by atoms with Crippen molar-refractivity contribution < 1.29 is 9.59 Å². The molecule has 1 N–H and O–H groups in total. The summed E-state index contributed by atoms with van der Waals surface area (Å²) in [5.41, 5.74) is 2.22. The van der Waals surface area contributed by atoms with Crippen LogP contribution in [0.1, 0.15) is 50.7 Å². The van der Waals surface area contributed by atoms with Crippen molar-refractivity contribution in [2.24, 2.45) is 0 Å². The summed E-state index contributed by atoms with van der Waals surface area (Å²) in [6.07, 6.45) is 2.98. The van der Waals surface area contributed by atoms with E-state index in [0.29, 0.717) is 31.7 Å². The van der Waals surface area contributed by atoms with Crippen LogP contribution in [0.4, 0.5) is 0 Å². The highest BCUT2D eigenvalue weighted by molar-refractivity contribution is 7.99. The lowest BCUT2D eigenvalue weighted by atomic mass is 10.1. The third-order valence-electron chi connectivity index (χ3n) is 5.15. The van der Waals surface area contributed by atoms with E-state index in [4.69, 9.17) is 0 Å². The number of hydrogen-bond donors (Lipinski definition) is 1.